The lowest BCUT2D eigenvalue weighted by Crippen LogP contribution is -2.35. The van der Waals surface area contributed by atoms with Gasteiger partial charge in [-0.3, -0.25) is 19.2 Å². The molecule has 396 valence electrons. The smallest absolute Gasteiger partial charge is 0.255 e. The Labute approximate surface area is 456 Å². The maximum Gasteiger partial charge on any atom is 0.255 e. The monoisotopic (exact) mass is 1180 g/mol. The first-order valence-corrected chi connectivity index (χ1v) is 24.3. The number of fused-ring (bicyclic) bond motifs is 2. The molecule has 6 aromatic rings. The van der Waals surface area contributed by atoms with Crippen molar-refractivity contribution in [1.29, 1.82) is 0 Å². The molecule has 0 unspecified atom stereocenters. The molecule has 4 aromatic heterocycles. The van der Waals surface area contributed by atoms with Gasteiger partial charge in [0.05, 0.1) is 68.0 Å². The van der Waals surface area contributed by atoms with Gasteiger partial charge in [-0.05, 0) is 97.2 Å². The zero-order chi connectivity index (χ0) is 52.4. The SMILES string of the molecule is C#Cc1nn([C@H]2C[C@@H](CF)N(C(=O)C=C)C2)c(NC)c1C(N)=O.C=CC(=O)N1C[C@@H](n2nc(C#Cc3cc4ncn(C5CC5)c4cc3F)c(C(N)=O)c2NC)C[C@H]1CF.Fc1cc2c(cc1I)ncn2C1CC1.S.S. The Morgan fingerprint density at radius 3 is 1.57 bits per heavy atom. The van der Waals surface area contributed by atoms with Crippen molar-refractivity contribution < 1.29 is 36.7 Å². The van der Waals surface area contributed by atoms with E-state index in [1.807, 2.05) is 33.5 Å². The van der Waals surface area contributed by atoms with Crippen LogP contribution >= 0.6 is 49.6 Å². The van der Waals surface area contributed by atoms with Crippen molar-refractivity contribution in [3.63, 3.8) is 0 Å². The minimum Gasteiger partial charge on any atom is -0.373 e. The molecule has 0 spiro atoms. The number of carbonyl (C=O) groups excluding carboxylic acids is 4. The van der Waals surface area contributed by atoms with Crippen molar-refractivity contribution >= 4 is 107 Å². The number of primary amides is 2. The third-order valence-corrected chi connectivity index (χ3v) is 14.0. The van der Waals surface area contributed by atoms with E-state index in [4.69, 9.17) is 17.9 Å². The summed E-state index contributed by atoms with van der Waals surface area (Å²) < 4.78 is 62.8. The quantitative estimate of drug-likeness (QED) is 0.0471. The summed E-state index contributed by atoms with van der Waals surface area (Å²) in [5.41, 5.74) is 14.6. The fourth-order valence-electron chi connectivity index (χ4n) is 9.32. The van der Waals surface area contributed by atoms with Crippen molar-refractivity contribution in [3.05, 3.63) is 106 Å². The lowest BCUT2D eigenvalue weighted by molar-refractivity contribution is -0.127. The summed E-state index contributed by atoms with van der Waals surface area (Å²) in [5.74, 6) is 5.65. The van der Waals surface area contributed by atoms with Crippen LogP contribution in [0.2, 0.25) is 0 Å². The molecule has 2 aromatic carbocycles. The first kappa shape index (κ1) is 57.3. The van der Waals surface area contributed by atoms with Crippen molar-refractivity contribution in [2.24, 2.45) is 11.5 Å². The number of rotatable bonds is 12. The Hall–Kier alpha value is -6.97. The normalized spacial score (nSPS) is 18.5. The molecule has 2 saturated carbocycles. The van der Waals surface area contributed by atoms with Crippen LogP contribution in [0.5, 0.6) is 0 Å². The number of halogens is 5. The number of amides is 4. The minimum atomic E-state index is -0.770. The van der Waals surface area contributed by atoms with E-state index in [9.17, 15) is 36.7 Å². The van der Waals surface area contributed by atoms with Crippen molar-refractivity contribution in [2.45, 2.75) is 74.8 Å². The van der Waals surface area contributed by atoms with Crippen LogP contribution in [0.1, 0.15) is 100 Å². The van der Waals surface area contributed by atoms with Crippen LogP contribution in [-0.2, 0) is 9.59 Å². The fraction of sp³-hybridized carbons (Fsp3) is 0.360. The number of benzene rings is 2. The van der Waals surface area contributed by atoms with E-state index in [1.54, 1.807) is 38.6 Å². The summed E-state index contributed by atoms with van der Waals surface area (Å²) in [6.07, 6.45) is 16.3. The number of aromatic nitrogens is 8. The molecule has 0 radical (unpaired) electrons. The molecule has 18 nitrogen and oxygen atoms in total. The maximum atomic E-state index is 14.9. The molecule has 6 heterocycles. The second-order valence-electron chi connectivity index (χ2n) is 17.8. The lowest BCUT2D eigenvalue weighted by Gasteiger charge is -2.20. The first-order valence-electron chi connectivity index (χ1n) is 23.2. The molecular formula is C50H55F4IN14O4S2. The van der Waals surface area contributed by atoms with Gasteiger partial charge < -0.3 is 41.0 Å². The summed E-state index contributed by atoms with van der Waals surface area (Å²) >= 11 is 1.99. The average molecular weight is 1180 g/mol. The second-order valence-corrected chi connectivity index (χ2v) is 18.9. The van der Waals surface area contributed by atoms with Gasteiger partial charge in [-0.15, -0.1) is 6.42 Å². The molecule has 10 rings (SSSR count). The number of terminal acetylenes is 1. The number of nitrogens with two attached hydrogens (primary N) is 2. The van der Waals surface area contributed by atoms with E-state index in [-0.39, 0.29) is 98.3 Å². The standard InChI is InChI=1S/C25H25F2N7O2.C15H18FN5O2.C10H8FIN2.2H2S/c1-3-22(35)32-12-17(9-16(32)11-26)34-25(29-2)23(24(28)36)19(31-34)7-4-14-8-20-21(10-18(14)27)33(13-30-20)15-5-6-15;1-4-11-13(14(17)23)15(18-3)21(19-11)10-6-9(7-16)20(8-10)12(22)5-2;11-7-3-10-9(4-8(7)12)13-5-14(10)6-1-2-6;;/h3,8,10,13,15-17,29H,1,5-6,9,11-12H2,2H3,(H2,28,36);1,5,9-10,18H,2,6-8H2,3H3,(H2,17,23);3-6H,1-2H2;2*1H2/t16-,17-;9-,10-;;;/m00.../s1. The van der Waals surface area contributed by atoms with Gasteiger partial charge in [-0.25, -0.2) is 36.9 Å². The van der Waals surface area contributed by atoms with Crippen LogP contribution in [0.15, 0.2) is 62.2 Å². The van der Waals surface area contributed by atoms with Crippen molar-refractivity contribution in [2.75, 3.05) is 51.2 Å². The second kappa shape index (κ2) is 24.1. The number of anilines is 2. The van der Waals surface area contributed by atoms with Crippen LogP contribution in [0.4, 0.5) is 29.2 Å². The van der Waals surface area contributed by atoms with Crippen LogP contribution < -0.4 is 22.1 Å². The highest BCUT2D eigenvalue weighted by Crippen LogP contribution is 2.39. The zero-order valence-corrected chi connectivity index (χ0v) is 45.0. The molecular weight excluding hydrogens is 1130 g/mol. The predicted octanol–water partition coefficient (Wildman–Crippen LogP) is 6.19. The number of hydrogen-bond acceptors (Lipinski definition) is 10. The van der Waals surface area contributed by atoms with Gasteiger partial charge >= 0.3 is 0 Å². The summed E-state index contributed by atoms with van der Waals surface area (Å²) in [7, 11) is 3.20. The largest absolute Gasteiger partial charge is 0.373 e. The zero-order valence-electron chi connectivity index (χ0n) is 40.8. The Kier molecular flexibility index (Phi) is 18.4. The number of likely N-dealkylation sites (tertiary alicyclic amines) is 2. The number of hydrogen-bond donors (Lipinski definition) is 4. The van der Waals surface area contributed by atoms with Crippen LogP contribution in [-0.4, -0.2) is 125 Å². The third-order valence-electron chi connectivity index (χ3n) is 13.1. The van der Waals surface area contributed by atoms with Crippen LogP contribution in [0.3, 0.4) is 0 Å². The number of nitrogens with one attached hydrogen (secondary N) is 2. The van der Waals surface area contributed by atoms with Crippen LogP contribution in [0, 0.1) is 39.4 Å². The number of carbonyl (C=O) groups is 4. The van der Waals surface area contributed by atoms with Gasteiger partial charge in [0.25, 0.3) is 11.8 Å². The van der Waals surface area contributed by atoms with E-state index in [0.29, 0.717) is 44.7 Å². The Balaban J connectivity index is 0.000000200. The highest BCUT2D eigenvalue weighted by atomic mass is 127. The summed E-state index contributed by atoms with van der Waals surface area (Å²) in [4.78, 5) is 59.4. The molecule has 2 aliphatic heterocycles. The Bertz CT molecular complexity index is 3290. The van der Waals surface area contributed by atoms with E-state index in [2.05, 4.69) is 66.3 Å². The van der Waals surface area contributed by atoms with E-state index < -0.39 is 49.1 Å². The summed E-state index contributed by atoms with van der Waals surface area (Å²) in [6.45, 7) is 5.93. The molecule has 2 aliphatic carbocycles. The maximum absolute atomic E-state index is 14.9. The third kappa shape index (κ3) is 11.6. The molecule has 2 saturated heterocycles. The van der Waals surface area contributed by atoms with Gasteiger partial charge in [0.15, 0.2) is 5.69 Å². The van der Waals surface area contributed by atoms with Gasteiger partial charge in [-0.1, -0.05) is 19.1 Å². The number of imidazole rings is 2. The molecule has 4 aliphatic rings. The van der Waals surface area contributed by atoms with Crippen molar-refractivity contribution in [1.82, 2.24) is 48.5 Å². The molecule has 4 fully saturated rings. The Morgan fingerprint density at radius 1 is 0.720 bits per heavy atom. The number of alkyl halides is 2. The average Bonchev–Trinajstić information content (AvgIpc) is 4.02. The topological polar surface area (TPSA) is 222 Å². The summed E-state index contributed by atoms with van der Waals surface area (Å²) in [6, 6.07) is 5.33. The Morgan fingerprint density at radius 2 is 1.16 bits per heavy atom. The molecule has 0 bridgehead atoms. The molecule has 4 atom stereocenters. The lowest BCUT2D eigenvalue weighted by atomic mass is 10.1. The summed E-state index contributed by atoms with van der Waals surface area (Å²) in [5, 5.41) is 14.5. The van der Waals surface area contributed by atoms with E-state index in [1.165, 1.54) is 38.1 Å². The van der Waals surface area contributed by atoms with Crippen LogP contribution in [0.25, 0.3) is 22.1 Å². The highest BCUT2D eigenvalue weighted by Gasteiger charge is 2.39. The molecule has 6 N–H and O–H groups in total. The molecule has 75 heavy (non-hydrogen) atoms. The predicted molar refractivity (Wildman–Crippen MR) is 295 cm³/mol. The molecule has 25 heteroatoms. The van der Waals surface area contributed by atoms with Gasteiger partial charge in [0.2, 0.25) is 11.8 Å². The fourth-order valence-corrected chi connectivity index (χ4v) is 9.77. The first-order chi connectivity index (χ1) is 35.1. The van der Waals surface area contributed by atoms with E-state index >= 15 is 0 Å². The minimum absolute atomic E-state index is 0. The van der Waals surface area contributed by atoms with E-state index in [0.717, 1.165) is 36.0 Å². The number of nitrogens with zero attached hydrogens (tertiary/aromatic N) is 10. The van der Waals surface area contributed by atoms with Gasteiger partial charge in [-0.2, -0.15) is 37.2 Å². The van der Waals surface area contributed by atoms with Gasteiger partial charge in [0.1, 0.15) is 53.4 Å². The van der Waals surface area contributed by atoms with Gasteiger partial charge in [0, 0.05) is 51.4 Å². The van der Waals surface area contributed by atoms with Crippen molar-refractivity contribution in [3.8, 4) is 24.2 Å². The highest BCUT2D eigenvalue weighted by molar-refractivity contribution is 14.1. The molecule has 4 amide bonds.